The molecule has 32 heavy (non-hydrogen) atoms. The Bertz CT molecular complexity index is 874. The molecule has 5 fully saturated rings. The highest BCUT2D eigenvalue weighted by Gasteiger charge is 2.53. The van der Waals surface area contributed by atoms with E-state index in [4.69, 9.17) is 4.74 Å². The van der Waals surface area contributed by atoms with Crippen LogP contribution in [0.15, 0.2) is 24.3 Å². The van der Waals surface area contributed by atoms with Crippen molar-refractivity contribution >= 4 is 23.4 Å². The zero-order valence-electron chi connectivity index (χ0n) is 19.2. The van der Waals surface area contributed by atoms with Crippen molar-refractivity contribution in [3.63, 3.8) is 0 Å². The Morgan fingerprint density at radius 3 is 2.19 bits per heavy atom. The van der Waals surface area contributed by atoms with Gasteiger partial charge in [0.05, 0.1) is 18.7 Å². The summed E-state index contributed by atoms with van der Waals surface area (Å²) in [6, 6.07) is 6.39. The van der Waals surface area contributed by atoms with Crippen LogP contribution in [0, 0.1) is 23.2 Å². The number of ether oxygens (including phenoxy) is 1. The minimum atomic E-state index is -0.691. The van der Waals surface area contributed by atoms with Gasteiger partial charge in [-0.15, -0.1) is 0 Å². The van der Waals surface area contributed by atoms with Gasteiger partial charge in [-0.1, -0.05) is 6.92 Å². The smallest absolute Gasteiger partial charge is 0.257 e. The fourth-order valence-electron chi connectivity index (χ4n) is 7.33. The van der Waals surface area contributed by atoms with Crippen LogP contribution in [-0.4, -0.2) is 41.8 Å². The molecule has 4 saturated carbocycles. The molecular weight excluding hydrogens is 404 g/mol. The van der Waals surface area contributed by atoms with E-state index in [-0.39, 0.29) is 29.6 Å². The molecule has 1 atom stereocenters. The number of hydrogen-bond acceptors (Lipinski definition) is 4. The molecule has 6 rings (SSSR count). The van der Waals surface area contributed by atoms with Crippen LogP contribution in [0.25, 0.3) is 0 Å². The number of amides is 3. The molecule has 1 aromatic rings. The third-order valence-corrected chi connectivity index (χ3v) is 8.14. The van der Waals surface area contributed by atoms with Crippen molar-refractivity contribution in [2.75, 3.05) is 18.1 Å². The number of rotatable bonds is 7. The Hall–Kier alpha value is -2.37. The summed E-state index contributed by atoms with van der Waals surface area (Å²) in [6.45, 7) is 4.83. The Morgan fingerprint density at radius 2 is 1.66 bits per heavy atom. The van der Waals surface area contributed by atoms with Crippen molar-refractivity contribution in [1.29, 1.82) is 0 Å². The van der Waals surface area contributed by atoms with Gasteiger partial charge in [0, 0.05) is 13.5 Å². The van der Waals surface area contributed by atoms with Crippen molar-refractivity contribution in [3.8, 4) is 5.75 Å². The first-order valence-corrected chi connectivity index (χ1v) is 12.2. The van der Waals surface area contributed by atoms with Crippen LogP contribution in [-0.2, 0) is 14.4 Å². The van der Waals surface area contributed by atoms with Crippen LogP contribution in [0.4, 0.5) is 5.69 Å². The van der Waals surface area contributed by atoms with Gasteiger partial charge in [0.25, 0.3) is 5.91 Å². The first kappa shape index (κ1) is 21.5. The minimum Gasteiger partial charge on any atom is -0.494 e. The van der Waals surface area contributed by atoms with E-state index < -0.39 is 6.04 Å². The van der Waals surface area contributed by atoms with Crippen molar-refractivity contribution in [3.05, 3.63) is 24.3 Å². The van der Waals surface area contributed by atoms with Gasteiger partial charge in [-0.25, -0.2) is 4.90 Å². The van der Waals surface area contributed by atoms with Crippen molar-refractivity contribution in [2.24, 2.45) is 23.2 Å². The molecule has 1 aliphatic heterocycles. The molecule has 1 aromatic carbocycles. The van der Waals surface area contributed by atoms with Gasteiger partial charge in [0.2, 0.25) is 11.8 Å². The average molecular weight is 439 g/mol. The van der Waals surface area contributed by atoms with Gasteiger partial charge in [0.1, 0.15) is 11.8 Å². The summed E-state index contributed by atoms with van der Waals surface area (Å²) in [5.41, 5.74) is 0.680. The highest BCUT2D eigenvalue weighted by atomic mass is 16.5. The molecule has 4 aliphatic carbocycles. The molecule has 6 heteroatoms. The molecule has 0 unspecified atom stereocenters. The van der Waals surface area contributed by atoms with E-state index >= 15 is 0 Å². The number of hydrogen-bond donors (Lipinski definition) is 0. The molecule has 5 aliphatic rings. The van der Waals surface area contributed by atoms with Gasteiger partial charge in [0.15, 0.2) is 0 Å². The molecule has 6 nitrogen and oxygen atoms in total. The summed E-state index contributed by atoms with van der Waals surface area (Å²) in [5.74, 6) is 2.44. The predicted octanol–water partition coefficient (Wildman–Crippen LogP) is 4.17. The molecular formula is C26H34N2O4. The summed E-state index contributed by atoms with van der Waals surface area (Å²) in [6.07, 6.45) is 8.50. The van der Waals surface area contributed by atoms with Crippen molar-refractivity contribution < 1.29 is 19.1 Å². The SMILES string of the molecule is CCCOc1ccc(N2C(=O)C[C@@H](N(CC34CC5CC(CC(C5)C3)C4)C(C)=O)C2=O)cc1. The lowest BCUT2D eigenvalue weighted by molar-refractivity contribution is -0.143. The largest absolute Gasteiger partial charge is 0.494 e. The number of anilines is 1. The van der Waals surface area contributed by atoms with Crippen molar-refractivity contribution in [2.45, 2.75) is 71.3 Å². The second-order valence-electron chi connectivity index (χ2n) is 10.7. The van der Waals surface area contributed by atoms with E-state index in [1.807, 2.05) is 6.92 Å². The standard InChI is InChI=1S/C26H34N2O4/c1-3-8-32-22-6-4-21(5-7-22)28-24(30)12-23(25(28)31)27(17(2)29)16-26-13-18-9-19(14-26)11-20(10-18)15-26/h4-7,18-20,23H,3,8-16H2,1-2H3/t18?,19?,20?,23-,26?/m1/s1. The predicted molar refractivity (Wildman–Crippen MR) is 121 cm³/mol. The van der Waals surface area contributed by atoms with E-state index in [1.165, 1.54) is 43.4 Å². The zero-order valence-corrected chi connectivity index (χ0v) is 19.2. The summed E-state index contributed by atoms with van der Waals surface area (Å²) < 4.78 is 5.61. The van der Waals surface area contributed by atoms with Crippen LogP contribution in [0.5, 0.6) is 5.75 Å². The van der Waals surface area contributed by atoms with E-state index in [9.17, 15) is 14.4 Å². The topological polar surface area (TPSA) is 66.9 Å². The lowest BCUT2D eigenvalue weighted by Gasteiger charge is -2.58. The highest BCUT2D eigenvalue weighted by molar-refractivity contribution is 6.23. The summed E-state index contributed by atoms with van der Waals surface area (Å²) in [7, 11) is 0. The van der Waals surface area contributed by atoms with E-state index in [1.54, 1.807) is 36.1 Å². The first-order valence-electron chi connectivity index (χ1n) is 12.2. The zero-order chi connectivity index (χ0) is 22.5. The normalized spacial score (nSPS) is 33.1. The Morgan fingerprint density at radius 1 is 1.06 bits per heavy atom. The summed E-state index contributed by atoms with van der Waals surface area (Å²) in [4.78, 5) is 42.0. The van der Waals surface area contributed by atoms with Crippen LogP contribution >= 0.6 is 0 Å². The third-order valence-electron chi connectivity index (χ3n) is 8.14. The van der Waals surface area contributed by atoms with Gasteiger partial charge in [-0.3, -0.25) is 14.4 Å². The van der Waals surface area contributed by atoms with Crippen LogP contribution in [0.2, 0.25) is 0 Å². The molecule has 3 amide bonds. The lowest BCUT2D eigenvalue weighted by atomic mass is 9.49. The van der Waals surface area contributed by atoms with E-state index in [2.05, 4.69) is 0 Å². The molecule has 4 bridgehead atoms. The summed E-state index contributed by atoms with van der Waals surface area (Å²) in [5, 5.41) is 0. The highest BCUT2D eigenvalue weighted by Crippen LogP contribution is 2.60. The Balaban J connectivity index is 1.33. The first-order chi connectivity index (χ1) is 15.4. The number of carbonyl (C=O) groups is 3. The van der Waals surface area contributed by atoms with Gasteiger partial charge in [-0.05, 0) is 92.4 Å². The quantitative estimate of drug-likeness (QED) is 0.599. The Kier molecular flexibility index (Phi) is 5.50. The second kappa shape index (κ2) is 8.20. The van der Waals surface area contributed by atoms with E-state index in [0.29, 0.717) is 18.8 Å². The molecule has 1 saturated heterocycles. The number of imide groups is 1. The second-order valence-corrected chi connectivity index (χ2v) is 10.7. The molecule has 0 radical (unpaired) electrons. The van der Waals surface area contributed by atoms with Crippen LogP contribution in [0.3, 0.4) is 0 Å². The fourth-order valence-corrected chi connectivity index (χ4v) is 7.33. The maximum Gasteiger partial charge on any atom is 0.257 e. The fraction of sp³-hybridized carbons (Fsp3) is 0.654. The van der Waals surface area contributed by atoms with Crippen LogP contribution in [0.1, 0.15) is 65.2 Å². The van der Waals surface area contributed by atoms with Gasteiger partial charge in [-0.2, -0.15) is 0 Å². The maximum absolute atomic E-state index is 13.4. The number of benzene rings is 1. The van der Waals surface area contributed by atoms with Gasteiger partial charge >= 0.3 is 0 Å². The Labute approximate surface area is 190 Å². The van der Waals surface area contributed by atoms with Crippen molar-refractivity contribution in [1.82, 2.24) is 4.90 Å². The molecule has 0 N–H and O–H groups in total. The number of nitrogens with zero attached hydrogens (tertiary/aromatic N) is 2. The third kappa shape index (κ3) is 3.82. The summed E-state index contributed by atoms with van der Waals surface area (Å²) >= 11 is 0. The lowest BCUT2D eigenvalue weighted by Crippen LogP contribution is -2.55. The number of carbonyl (C=O) groups excluding carboxylic acids is 3. The molecule has 172 valence electrons. The molecule has 1 heterocycles. The van der Waals surface area contributed by atoms with Gasteiger partial charge < -0.3 is 9.64 Å². The maximum atomic E-state index is 13.4. The minimum absolute atomic E-state index is 0.0683. The van der Waals surface area contributed by atoms with Crippen LogP contribution < -0.4 is 9.64 Å². The van der Waals surface area contributed by atoms with E-state index in [0.717, 1.165) is 29.9 Å². The monoisotopic (exact) mass is 438 g/mol. The molecule has 0 aromatic heterocycles. The molecule has 0 spiro atoms. The average Bonchev–Trinajstić information content (AvgIpc) is 3.03.